The van der Waals surface area contributed by atoms with Crippen molar-refractivity contribution in [3.63, 3.8) is 0 Å². The molecule has 0 heterocycles. The first kappa shape index (κ1) is 27.0. The molecule has 0 aliphatic heterocycles. The summed E-state index contributed by atoms with van der Waals surface area (Å²) in [5.41, 5.74) is 4.02. The first-order valence-electron chi connectivity index (χ1n) is 13.7. The SMILES string of the molecule is C=C1CC[C@H](O)C/C1=C\C=C1/CCC[C@@]2(C)[C@@H]([C@H](C)CCCC(C)C)C(OC(=O)/C=C/C)C[C@@H]12. The molecule has 1 N–H and O–H groups in total. The predicted octanol–water partition coefficient (Wildman–Crippen LogP) is 7.72. The number of hydrogen-bond acceptors (Lipinski definition) is 3. The molecule has 0 aromatic carbocycles. The number of aliphatic hydroxyl groups is 1. The minimum atomic E-state index is -0.246. The third kappa shape index (κ3) is 6.33. The van der Waals surface area contributed by atoms with Crippen molar-refractivity contribution in [1.82, 2.24) is 0 Å². The Morgan fingerprint density at radius 1 is 1.24 bits per heavy atom. The number of carbonyl (C=O) groups is 1. The van der Waals surface area contributed by atoms with Crippen LogP contribution in [-0.2, 0) is 9.53 Å². The average Bonchev–Trinajstić information content (AvgIpc) is 3.06. The van der Waals surface area contributed by atoms with E-state index in [1.54, 1.807) is 12.2 Å². The molecular formula is C31H48O3. The fourth-order valence-electron chi connectivity index (χ4n) is 7.15. The summed E-state index contributed by atoms with van der Waals surface area (Å²) in [6.07, 6.45) is 18.2. The molecule has 190 valence electrons. The maximum absolute atomic E-state index is 12.5. The van der Waals surface area contributed by atoms with Gasteiger partial charge >= 0.3 is 5.97 Å². The maximum Gasteiger partial charge on any atom is 0.330 e. The second-order valence-corrected chi connectivity index (χ2v) is 11.9. The number of aliphatic hydroxyl groups excluding tert-OH is 1. The fourth-order valence-corrected chi connectivity index (χ4v) is 7.15. The number of rotatable bonds is 8. The Morgan fingerprint density at radius 3 is 2.71 bits per heavy atom. The van der Waals surface area contributed by atoms with E-state index in [-0.39, 0.29) is 23.6 Å². The largest absolute Gasteiger partial charge is 0.459 e. The third-order valence-corrected chi connectivity index (χ3v) is 8.87. The number of fused-ring (bicyclic) bond motifs is 1. The quantitative estimate of drug-likeness (QED) is 0.293. The van der Waals surface area contributed by atoms with Crippen LogP contribution in [0, 0.1) is 29.1 Å². The molecule has 3 heteroatoms. The van der Waals surface area contributed by atoms with Gasteiger partial charge in [0.15, 0.2) is 0 Å². The van der Waals surface area contributed by atoms with Crippen molar-refractivity contribution in [3.05, 3.63) is 47.6 Å². The Labute approximate surface area is 208 Å². The van der Waals surface area contributed by atoms with Gasteiger partial charge < -0.3 is 9.84 Å². The molecular weight excluding hydrogens is 420 g/mol. The van der Waals surface area contributed by atoms with Gasteiger partial charge in [-0.2, -0.15) is 0 Å². The Hall–Kier alpha value is -1.61. The van der Waals surface area contributed by atoms with Crippen molar-refractivity contribution in [1.29, 1.82) is 0 Å². The fraction of sp³-hybridized carbons (Fsp3) is 0.710. The van der Waals surface area contributed by atoms with Gasteiger partial charge in [0.25, 0.3) is 0 Å². The van der Waals surface area contributed by atoms with E-state index >= 15 is 0 Å². The van der Waals surface area contributed by atoms with Crippen molar-refractivity contribution in [2.24, 2.45) is 29.1 Å². The molecule has 1 unspecified atom stereocenters. The van der Waals surface area contributed by atoms with E-state index in [2.05, 4.69) is 46.4 Å². The Morgan fingerprint density at radius 2 is 2.00 bits per heavy atom. The van der Waals surface area contributed by atoms with Gasteiger partial charge in [-0.25, -0.2) is 4.79 Å². The molecule has 3 aliphatic rings. The van der Waals surface area contributed by atoms with E-state index in [0.29, 0.717) is 24.2 Å². The molecule has 3 rings (SSSR count). The summed E-state index contributed by atoms with van der Waals surface area (Å²) in [6, 6.07) is 0. The zero-order valence-electron chi connectivity index (χ0n) is 22.3. The lowest BCUT2D eigenvalue weighted by atomic mass is 9.60. The highest BCUT2D eigenvalue weighted by atomic mass is 16.5. The van der Waals surface area contributed by atoms with Gasteiger partial charge in [-0.1, -0.05) is 82.9 Å². The molecule has 0 amide bonds. The maximum atomic E-state index is 12.5. The van der Waals surface area contributed by atoms with Crippen LogP contribution >= 0.6 is 0 Å². The minimum Gasteiger partial charge on any atom is -0.459 e. The summed E-state index contributed by atoms with van der Waals surface area (Å²) in [5.74, 6) is 1.90. The minimum absolute atomic E-state index is 0.0200. The average molecular weight is 469 g/mol. The third-order valence-electron chi connectivity index (χ3n) is 8.87. The lowest BCUT2D eigenvalue weighted by Crippen LogP contribution is -2.39. The molecule has 34 heavy (non-hydrogen) atoms. The van der Waals surface area contributed by atoms with E-state index in [4.69, 9.17) is 4.74 Å². The Bertz CT molecular complexity index is 817. The van der Waals surface area contributed by atoms with Gasteiger partial charge in [0, 0.05) is 12.0 Å². The second-order valence-electron chi connectivity index (χ2n) is 11.9. The Balaban J connectivity index is 1.86. The monoisotopic (exact) mass is 468 g/mol. The molecule has 3 saturated carbocycles. The number of allylic oxidation sites excluding steroid dienone is 5. The molecule has 0 saturated heterocycles. The highest BCUT2D eigenvalue weighted by molar-refractivity contribution is 5.82. The number of ether oxygens (including phenoxy) is 1. The lowest BCUT2D eigenvalue weighted by molar-refractivity contribution is -0.147. The zero-order chi connectivity index (χ0) is 24.9. The van der Waals surface area contributed by atoms with Crippen molar-refractivity contribution in [2.75, 3.05) is 0 Å². The smallest absolute Gasteiger partial charge is 0.330 e. The molecule has 3 aliphatic carbocycles. The molecule has 3 nitrogen and oxygen atoms in total. The van der Waals surface area contributed by atoms with Gasteiger partial charge in [-0.3, -0.25) is 0 Å². The number of carbonyl (C=O) groups excluding carboxylic acids is 1. The van der Waals surface area contributed by atoms with Gasteiger partial charge in [0.1, 0.15) is 6.10 Å². The summed E-state index contributed by atoms with van der Waals surface area (Å²) < 4.78 is 6.13. The first-order chi connectivity index (χ1) is 16.2. The predicted molar refractivity (Wildman–Crippen MR) is 141 cm³/mol. The van der Waals surface area contributed by atoms with Gasteiger partial charge in [-0.15, -0.1) is 0 Å². The second kappa shape index (κ2) is 11.9. The number of esters is 1. The van der Waals surface area contributed by atoms with E-state index < -0.39 is 0 Å². The Kier molecular flexibility index (Phi) is 9.43. The van der Waals surface area contributed by atoms with Crippen LogP contribution < -0.4 is 0 Å². The molecule has 0 aromatic rings. The van der Waals surface area contributed by atoms with Crippen LogP contribution in [0.25, 0.3) is 0 Å². The van der Waals surface area contributed by atoms with Gasteiger partial charge in [-0.05, 0) is 80.6 Å². The van der Waals surface area contributed by atoms with Crippen LogP contribution in [0.1, 0.15) is 98.8 Å². The summed E-state index contributed by atoms with van der Waals surface area (Å²) in [4.78, 5) is 12.5. The molecule has 3 fully saturated rings. The normalized spacial score (nSPS) is 35.3. The molecule has 0 spiro atoms. The molecule has 0 bridgehead atoms. The van der Waals surface area contributed by atoms with E-state index in [1.165, 1.54) is 48.8 Å². The summed E-state index contributed by atoms with van der Waals surface area (Å²) in [7, 11) is 0. The molecule has 0 aromatic heterocycles. The topological polar surface area (TPSA) is 46.5 Å². The van der Waals surface area contributed by atoms with Crippen LogP contribution in [0.5, 0.6) is 0 Å². The van der Waals surface area contributed by atoms with Crippen molar-refractivity contribution >= 4 is 5.97 Å². The highest BCUT2D eigenvalue weighted by Crippen LogP contribution is 2.60. The highest BCUT2D eigenvalue weighted by Gasteiger charge is 2.56. The molecule has 6 atom stereocenters. The van der Waals surface area contributed by atoms with Gasteiger partial charge in [0.05, 0.1) is 6.10 Å². The summed E-state index contributed by atoms with van der Waals surface area (Å²) in [5, 5.41) is 10.1. The van der Waals surface area contributed by atoms with E-state index in [1.807, 2.05) is 6.92 Å². The summed E-state index contributed by atoms with van der Waals surface area (Å²) >= 11 is 0. The molecule has 0 radical (unpaired) electrons. The van der Waals surface area contributed by atoms with Crippen LogP contribution in [0.15, 0.2) is 47.6 Å². The van der Waals surface area contributed by atoms with Crippen LogP contribution in [0.3, 0.4) is 0 Å². The van der Waals surface area contributed by atoms with Crippen LogP contribution in [-0.4, -0.2) is 23.3 Å². The first-order valence-corrected chi connectivity index (χ1v) is 13.7. The van der Waals surface area contributed by atoms with Crippen molar-refractivity contribution < 1.29 is 14.6 Å². The zero-order valence-corrected chi connectivity index (χ0v) is 22.3. The van der Waals surface area contributed by atoms with Crippen molar-refractivity contribution in [2.45, 2.75) is 111 Å². The van der Waals surface area contributed by atoms with Gasteiger partial charge in [0.2, 0.25) is 0 Å². The van der Waals surface area contributed by atoms with Crippen LogP contribution in [0.2, 0.25) is 0 Å². The summed E-state index contributed by atoms with van der Waals surface area (Å²) in [6.45, 7) is 15.6. The van der Waals surface area contributed by atoms with Crippen molar-refractivity contribution in [3.8, 4) is 0 Å². The number of hydrogen-bond donors (Lipinski definition) is 1. The van der Waals surface area contributed by atoms with Crippen LogP contribution in [0.4, 0.5) is 0 Å². The standard InChI is InChI=1S/C31H48O3/c1-7-10-29(33)34-28-20-27-24(15-16-25-19-26(32)17-14-22(25)4)13-9-18-31(27,6)30(28)23(5)12-8-11-21(2)3/h7,10,15-16,21,23,26-28,30,32H,4,8-9,11-14,17-20H2,1-3,5-6H3/b10-7+,24-15+,25-16+/t23-,26+,27+,28?,30+,31-/m1/s1. The van der Waals surface area contributed by atoms with E-state index in [0.717, 1.165) is 31.6 Å². The lowest BCUT2D eigenvalue weighted by Gasteiger charge is -2.44. The van der Waals surface area contributed by atoms with E-state index in [9.17, 15) is 9.90 Å².